The van der Waals surface area contributed by atoms with Crippen LogP contribution in [0.5, 0.6) is 0 Å². The average molecular weight is 459 g/mol. The second-order valence-corrected chi connectivity index (χ2v) is 9.49. The number of Topliss-reactive ketones (excluding diaryl/α,β-unsaturated/α-hetero) is 1. The highest BCUT2D eigenvalue weighted by atomic mass is 32.2. The summed E-state index contributed by atoms with van der Waals surface area (Å²) < 4.78 is 38.3. The summed E-state index contributed by atoms with van der Waals surface area (Å²) in [7, 11) is -2.78. The van der Waals surface area contributed by atoms with Crippen LogP contribution in [0.25, 0.3) is 0 Å². The molecule has 170 valence electrons. The van der Waals surface area contributed by atoms with Gasteiger partial charge in [-0.05, 0) is 57.5 Å². The van der Waals surface area contributed by atoms with Gasteiger partial charge in [-0.3, -0.25) is 4.79 Å². The van der Waals surface area contributed by atoms with Gasteiger partial charge in [0, 0.05) is 11.3 Å². The number of aryl methyl sites for hydroxylation is 2. The number of nitrogens with zero attached hydrogens (tertiary/aromatic N) is 1. The van der Waals surface area contributed by atoms with Crippen molar-refractivity contribution < 1.29 is 27.2 Å². The number of esters is 1. The molecule has 1 atom stereocenters. The number of aromatic nitrogens is 1. The van der Waals surface area contributed by atoms with Gasteiger partial charge in [0.15, 0.2) is 5.78 Å². The Morgan fingerprint density at radius 1 is 1.12 bits per heavy atom. The maximum absolute atomic E-state index is 13.5. The van der Waals surface area contributed by atoms with E-state index in [2.05, 4.69) is 4.98 Å². The second kappa shape index (κ2) is 9.13. The number of hydrogen-bond acceptors (Lipinski definition) is 6. The van der Waals surface area contributed by atoms with E-state index in [0.717, 1.165) is 9.87 Å². The number of ether oxygens (including phenoxy) is 1. The fraction of sp³-hybridized carbons (Fsp3) is 0.304. The first-order chi connectivity index (χ1) is 15.1. The summed E-state index contributed by atoms with van der Waals surface area (Å²) >= 11 is 0. The molecule has 0 saturated heterocycles. The van der Waals surface area contributed by atoms with Crippen LogP contribution in [0.15, 0.2) is 52.0 Å². The molecule has 32 heavy (non-hydrogen) atoms. The predicted molar refractivity (Wildman–Crippen MR) is 118 cm³/mol. The lowest BCUT2D eigenvalue weighted by molar-refractivity contribution is 0.0593. The molecule has 3 rings (SSSR count). The molecule has 0 aliphatic carbocycles. The predicted octanol–water partition coefficient (Wildman–Crippen LogP) is 3.78. The molecule has 9 heteroatoms. The Morgan fingerprint density at radius 2 is 1.78 bits per heavy atom. The van der Waals surface area contributed by atoms with Gasteiger partial charge in [-0.25, -0.2) is 13.2 Å². The van der Waals surface area contributed by atoms with E-state index in [0.29, 0.717) is 17.0 Å². The monoisotopic (exact) mass is 458 g/mol. The number of carbonyl (C=O) groups is 2. The van der Waals surface area contributed by atoms with Gasteiger partial charge in [0.05, 0.1) is 30.9 Å². The maximum atomic E-state index is 13.5. The van der Waals surface area contributed by atoms with Crippen LogP contribution in [0.3, 0.4) is 0 Å². The van der Waals surface area contributed by atoms with Gasteiger partial charge in [-0.2, -0.15) is 4.31 Å². The van der Waals surface area contributed by atoms with Crippen LogP contribution in [-0.2, 0) is 21.3 Å². The summed E-state index contributed by atoms with van der Waals surface area (Å²) in [5.41, 5.74) is 2.22. The fourth-order valence-electron chi connectivity index (χ4n) is 3.60. The van der Waals surface area contributed by atoms with Crippen molar-refractivity contribution in [3.63, 3.8) is 0 Å². The zero-order valence-corrected chi connectivity index (χ0v) is 19.4. The third-order valence-electron chi connectivity index (χ3n) is 5.40. The summed E-state index contributed by atoms with van der Waals surface area (Å²) in [4.78, 5) is 28.5. The standard InChI is InChI=1S/C23H26N2O6S/c1-14-8-10-19(11-9-14)32(28,29)25(13-18-7-6-12-31-18)17(4)22(26)20-15(2)21(23(27)30-5)24-16(20)3/h6-12,17,24H,13H2,1-5H3. The number of sulfonamides is 1. The molecule has 8 nitrogen and oxygen atoms in total. The molecule has 0 spiro atoms. The van der Waals surface area contributed by atoms with Crippen molar-refractivity contribution in [3.8, 4) is 0 Å². The molecule has 1 aromatic carbocycles. The van der Waals surface area contributed by atoms with Gasteiger partial charge in [-0.15, -0.1) is 0 Å². The van der Waals surface area contributed by atoms with Crippen LogP contribution < -0.4 is 0 Å². The number of ketones is 1. The minimum Gasteiger partial charge on any atom is -0.468 e. The zero-order chi connectivity index (χ0) is 23.6. The van der Waals surface area contributed by atoms with E-state index in [-0.39, 0.29) is 22.7 Å². The van der Waals surface area contributed by atoms with Crippen LogP contribution in [-0.4, -0.2) is 42.6 Å². The summed E-state index contributed by atoms with van der Waals surface area (Å²) in [5, 5.41) is 0. The number of hydrogen-bond donors (Lipinski definition) is 1. The van der Waals surface area contributed by atoms with Gasteiger partial charge in [-0.1, -0.05) is 17.7 Å². The van der Waals surface area contributed by atoms with E-state index in [9.17, 15) is 18.0 Å². The lowest BCUT2D eigenvalue weighted by Crippen LogP contribution is -2.43. The quantitative estimate of drug-likeness (QED) is 0.406. The van der Waals surface area contributed by atoms with Crippen molar-refractivity contribution >= 4 is 21.8 Å². The minimum absolute atomic E-state index is 0.0760. The van der Waals surface area contributed by atoms with E-state index in [1.807, 2.05) is 6.92 Å². The van der Waals surface area contributed by atoms with Gasteiger partial charge in [0.2, 0.25) is 10.0 Å². The maximum Gasteiger partial charge on any atom is 0.354 e. The number of rotatable bonds is 8. The van der Waals surface area contributed by atoms with E-state index in [1.54, 1.807) is 38.1 Å². The Balaban J connectivity index is 2.05. The third kappa shape index (κ3) is 4.39. The molecule has 3 aromatic rings. The van der Waals surface area contributed by atoms with Crippen LogP contribution in [0.1, 0.15) is 50.4 Å². The molecular formula is C23H26N2O6S. The fourth-order valence-corrected chi connectivity index (χ4v) is 5.16. The SMILES string of the molecule is COC(=O)c1[nH]c(C)c(C(=O)C(C)N(Cc2ccco2)S(=O)(=O)c2ccc(C)cc2)c1C. The van der Waals surface area contributed by atoms with Crippen molar-refractivity contribution in [2.45, 2.75) is 45.2 Å². The number of methoxy groups -OCH3 is 1. The smallest absolute Gasteiger partial charge is 0.354 e. The van der Waals surface area contributed by atoms with Gasteiger partial charge >= 0.3 is 5.97 Å². The van der Waals surface area contributed by atoms with E-state index < -0.39 is 27.8 Å². The van der Waals surface area contributed by atoms with Crippen LogP contribution >= 0.6 is 0 Å². The first-order valence-corrected chi connectivity index (χ1v) is 11.4. The molecule has 2 heterocycles. The highest BCUT2D eigenvalue weighted by Crippen LogP contribution is 2.27. The number of furan rings is 1. The Hall–Kier alpha value is -3.17. The summed E-state index contributed by atoms with van der Waals surface area (Å²) in [5.74, 6) is -0.635. The Labute approximate surface area is 187 Å². The molecule has 0 aliphatic heterocycles. The number of nitrogens with one attached hydrogen (secondary N) is 1. The molecule has 1 unspecified atom stereocenters. The molecule has 2 aromatic heterocycles. The average Bonchev–Trinajstić information content (AvgIpc) is 3.38. The minimum atomic E-state index is -4.04. The molecule has 1 N–H and O–H groups in total. The molecule has 0 radical (unpaired) electrons. The molecule has 0 bridgehead atoms. The highest BCUT2D eigenvalue weighted by molar-refractivity contribution is 7.89. The summed E-state index contributed by atoms with van der Waals surface area (Å²) in [6, 6.07) is 8.67. The Bertz CT molecular complexity index is 1220. The van der Waals surface area contributed by atoms with Crippen molar-refractivity contribution in [1.82, 2.24) is 9.29 Å². The van der Waals surface area contributed by atoms with Crippen LogP contribution in [0.4, 0.5) is 0 Å². The first-order valence-electron chi connectivity index (χ1n) is 10.0. The number of aromatic amines is 1. The van der Waals surface area contributed by atoms with Gasteiger partial charge in [0.1, 0.15) is 11.5 Å². The molecule has 0 saturated carbocycles. The lowest BCUT2D eigenvalue weighted by Gasteiger charge is -2.27. The largest absolute Gasteiger partial charge is 0.468 e. The highest BCUT2D eigenvalue weighted by Gasteiger charge is 2.36. The van der Waals surface area contributed by atoms with Crippen molar-refractivity contribution in [1.29, 1.82) is 0 Å². The zero-order valence-electron chi connectivity index (χ0n) is 18.6. The second-order valence-electron chi connectivity index (χ2n) is 7.60. The third-order valence-corrected chi connectivity index (χ3v) is 7.33. The summed E-state index contributed by atoms with van der Waals surface area (Å²) in [6.07, 6.45) is 1.45. The number of benzene rings is 1. The Kier molecular flexibility index (Phi) is 6.71. The molecule has 0 amide bonds. The van der Waals surface area contributed by atoms with E-state index in [4.69, 9.17) is 9.15 Å². The molecule has 0 fully saturated rings. The Morgan fingerprint density at radius 3 is 2.34 bits per heavy atom. The number of H-pyrrole nitrogens is 1. The van der Waals surface area contributed by atoms with Gasteiger partial charge in [0.25, 0.3) is 0 Å². The topological polar surface area (TPSA) is 110 Å². The molecule has 0 aliphatic rings. The van der Waals surface area contributed by atoms with Crippen molar-refractivity contribution in [3.05, 3.63) is 76.5 Å². The van der Waals surface area contributed by atoms with Gasteiger partial charge < -0.3 is 14.1 Å². The van der Waals surface area contributed by atoms with Crippen molar-refractivity contribution in [2.75, 3.05) is 7.11 Å². The van der Waals surface area contributed by atoms with E-state index >= 15 is 0 Å². The van der Waals surface area contributed by atoms with E-state index in [1.165, 1.54) is 32.4 Å². The van der Waals surface area contributed by atoms with Crippen molar-refractivity contribution in [2.24, 2.45) is 0 Å². The number of carbonyl (C=O) groups excluding carboxylic acids is 2. The van der Waals surface area contributed by atoms with Crippen LogP contribution in [0, 0.1) is 20.8 Å². The summed E-state index contributed by atoms with van der Waals surface area (Å²) in [6.45, 7) is 6.55. The lowest BCUT2D eigenvalue weighted by atomic mass is 10.0. The van der Waals surface area contributed by atoms with Crippen LogP contribution in [0.2, 0.25) is 0 Å². The first kappa shape index (κ1) is 23.5. The normalized spacial score (nSPS) is 12.7. The molecular weight excluding hydrogens is 432 g/mol.